The second kappa shape index (κ2) is 12.2. The molecule has 1 amide bonds. The SMILES string of the molecule is BC(B)=C(C)c1ccccc1-c1nc2c(cc1F)c(N1CCN(C(=O)C=C)C[C@@H]1C)nc(=O)n2-c1c(C)ccnc1C(C)C. The van der Waals surface area contributed by atoms with E-state index in [1.807, 2.05) is 85.5 Å². The Morgan fingerprint density at radius 2 is 1.89 bits per heavy atom. The lowest BCUT2D eigenvalue weighted by Crippen LogP contribution is -2.54. The number of aromatic nitrogens is 4. The van der Waals surface area contributed by atoms with E-state index in [-0.39, 0.29) is 23.6 Å². The Hall–Kier alpha value is -4.53. The molecule has 0 radical (unpaired) electrons. The second-order valence-corrected chi connectivity index (χ2v) is 12.0. The summed E-state index contributed by atoms with van der Waals surface area (Å²) in [6, 6.07) is 10.7. The van der Waals surface area contributed by atoms with Crippen molar-refractivity contribution in [3.63, 3.8) is 0 Å². The number of nitrogens with zero attached hydrogens (tertiary/aromatic N) is 6. The fourth-order valence-corrected chi connectivity index (χ4v) is 5.89. The lowest BCUT2D eigenvalue weighted by Gasteiger charge is -2.40. The van der Waals surface area contributed by atoms with Gasteiger partial charge in [0.25, 0.3) is 0 Å². The van der Waals surface area contributed by atoms with Crippen LogP contribution in [0.15, 0.2) is 65.4 Å². The van der Waals surface area contributed by atoms with Crippen LogP contribution < -0.4 is 10.6 Å². The van der Waals surface area contributed by atoms with Crippen LogP contribution in [-0.2, 0) is 4.79 Å². The van der Waals surface area contributed by atoms with Gasteiger partial charge in [0.05, 0.1) is 16.8 Å². The zero-order valence-corrected chi connectivity index (χ0v) is 26.5. The second-order valence-electron chi connectivity index (χ2n) is 12.0. The maximum atomic E-state index is 16.3. The summed E-state index contributed by atoms with van der Waals surface area (Å²) < 4.78 is 17.8. The van der Waals surface area contributed by atoms with Gasteiger partial charge in [0.15, 0.2) is 5.65 Å². The van der Waals surface area contributed by atoms with Crippen LogP contribution in [0.1, 0.15) is 50.4 Å². The zero-order chi connectivity index (χ0) is 31.9. The van der Waals surface area contributed by atoms with Crippen LogP contribution >= 0.6 is 0 Å². The number of carbonyl (C=O) groups is 1. The number of piperazine rings is 1. The molecule has 0 N–H and O–H groups in total. The Bertz CT molecular complexity index is 1880. The third-order valence-corrected chi connectivity index (χ3v) is 8.45. The number of hydrogen-bond acceptors (Lipinski definition) is 6. The molecule has 1 fully saturated rings. The Kier molecular flexibility index (Phi) is 8.59. The largest absolute Gasteiger partial charge is 0.355 e. The van der Waals surface area contributed by atoms with Crippen LogP contribution in [0.2, 0.25) is 0 Å². The van der Waals surface area contributed by atoms with Crippen molar-refractivity contribution in [1.29, 1.82) is 0 Å². The molecule has 8 nitrogen and oxygen atoms in total. The number of rotatable bonds is 6. The molecule has 0 unspecified atom stereocenters. The molecule has 1 aromatic carbocycles. The molecule has 4 heterocycles. The van der Waals surface area contributed by atoms with Crippen LogP contribution in [0.5, 0.6) is 0 Å². The molecule has 5 rings (SSSR count). The molecule has 3 aromatic heterocycles. The first kappa shape index (κ1) is 30.9. The number of pyridine rings is 2. The molecule has 0 saturated carbocycles. The maximum Gasteiger partial charge on any atom is 0.355 e. The highest BCUT2D eigenvalue weighted by Gasteiger charge is 2.30. The van der Waals surface area contributed by atoms with Gasteiger partial charge in [-0.15, -0.1) is 5.37 Å². The predicted octanol–water partition coefficient (Wildman–Crippen LogP) is 3.59. The van der Waals surface area contributed by atoms with Crippen LogP contribution in [0.4, 0.5) is 10.2 Å². The van der Waals surface area contributed by atoms with Crippen molar-refractivity contribution in [1.82, 2.24) is 24.4 Å². The summed E-state index contributed by atoms with van der Waals surface area (Å²) in [7, 11) is 4.04. The van der Waals surface area contributed by atoms with Gasteiger partial charge in [-0.2, -0.15) is 4.98 Å². The normalized spacial score (nSPS) is 15.1. The number of hydrogen-bond donors (Lipinski definition) is 0. The summed E-state index contributed by atoms with van der Waals surface area (Å²) in [5, 5.41) is 1.52. The molecule has 1 aliphatic rings. The molecule has 0 spiro atoms. The fraction of sp³-hybridized carbons (Fsp3) is 0.303. The van der Waals surface area contributed by atoms with Crippen molar-refractivity contribution in [2.24, 2.45) is 0 Å². The van der Waals surface area contributed by atoms with Crippen molar-refractivity contribution in [3.05, 3.63) is 93.7 Å². The number of fused-ring (bicyclic) bond motifs is 1. The summed E-state index contributed by atoms with van der Waals surface area (Å²) in [6.45, 7) is 14.8. The third kappa shape index (κ3) is 5.47. The number of halogens is 1. The first-order valence-electron chi connectivity index (χ1n) is 15.0. The minimum Gasteiger partial charge on any atom is -0.350 e. The highest BCUT2D eigenvalue weighted by Crippen LogP contribution is 2.35. The molecule has 224 valence electrons. The van der Waals surface area contributed by atoms with Gasteiger partial charge in [0, 0.05) is 37.4 Å². The summed E-state index contributed by atoms with van der Waals surface area (Å²) >= 11 is 0. The van der Waals surface area contributed by atoms with Crippen molar-refractivity contribution in [2.75, 3.05) is 24.5 Å². The molecule has 1 aliphatic heterocycles. The van der Waals surface area contributed by atoms with E-state index >= 15 is 4.39 Å². The van der Waals surface area contributed by atoms with E-state index < -0.39 is 11.5 Å². The lowest BCUT2D eigenvalue weighted by molar-refractivity contribution is -0.126. The highest BCUT2D eigenvalue weighted by molar-refractivity contribution is 6.51. The van der Waals surface area contributed by atoms with Crippen LogP contribution in [0.3, 0.4) is 0 Å². The first-order chi connectivity index (χ1) is 20.9. The minimum absolute atomic E-state index is 0.00276. The van der Waals surface area contributed by atoms with E-state index in [0.29, 0.717) is 47.7 Å². The van der Waals surface area contributed by atoms with E-state index in [1.54, 1.807) is 11.1 Å². The van der Waals surface area contributed by atoms with Gasteiger partial charge < -0.3 is 9.80 Å². The van der Waals surface area contributed by atoms with Gasteiger partial charge in [-0.3, -0.25) is 9.78 Å². The summed E-state index contributed by atoms with van der Waals surface area (Å²) in [6.07, 6.45) is 3.03. The topological polar surface area (TPSA) is 84.2 Å². The number of aryl methyl sites for hydroxylation is 1. The monoisotopic (exact) mass is 590 g/mol. The number of anilines is 1. The standard InChI is InChI=1S/C33H37B2FN6O2/c1-7-26(43)40-14-15-41(20(5)17-40)31-24-16-25(36)28(23-11-9-8-10-22(23)21(6)30(34)35)38-32(24)42(33(44)39-31)29-19(4)12-13-37-27(29)18(2)3/h7-13,16,18,20H,1,14-15,17,34-35H2,2-6H3/t20-/m0/s1. The Balaban J connectivity index is 1.84. The van der Waals surface area contributed by atoms with Crippen molar-refractivity contribution in [2.45, 2.75) is 46.6 Å². The highest BCUT2D eigenvalue weighted by atomic mass is 19.1. The predicted molar refractivity (Wildman–Crippen MR) is 180 cm³/mol. The Morgan fingerprint density at radius 3 is 2.55 bits per heavy atom. The van der Waals surface area contributed by atoms with Crippen molar-refractivity contribution >= 4 is 44.0 Å². The molecule has 44 heavy (non-hydrogen) atoms. The molecule has 0 bridgehead atoms. The summed E-state index contributed by atoms with van der Waals surface area (Å²) in [5.74, 6) is -0.317. The van der Waals surface area contributed by atoms with Crippen LogP contribution in [0, 0.1) is 12.7 Å². The smallest absolute Gasteiger partial charge is 0.350 e. The van der Waals surface area contributed by atoms with E-state index in [1.165, 1.54) is 16.7 Å². The zero-order valence-electron chi connectivity index (χ0n) is 26.5. The Labute approximate surface area is 259 Å². The third-order valence-electron chi connectivity index (χ3n) is 8.45. The maximum absolute atomic E-state index is 16.3. The van der Waals surface area contributed by atoms with E-state index in [4.69, 9.17) is 4.98 Å². The average molecular weight is 590 g/mol. The molecule has 4 aromatic rings. The van der Waals surface area contributed by atoms with Gasteiger partial charge in [-0.25, -0.2) is 18.7 Å². The molecule has 1 saturated heterocycles. The molecule has 1 atom stereocenters. The fourth-order valence-electron chi connectivity index (χ4n) is 5.89. The minimum atomic E-state index is -0.527. The average Bonchev–Trinajstić information content (AvgIpc) is 3.00. The molecular weight excluding hydrogens is 553 g/mol. The number of allylic oxidation sites excluding steroid dienone is 1. The summed E-state index contributed by atoms with van der Waals surface area (Å²) in [4.78, 5) is 44.3. The van der Waals surface area contributed by atoms with Gasteiger partial charge in [-0.05, 0) is 56.0 Å². The lowest BCUT2D eigenvalue weighted by atomic mass is 9.73. The van der Waals surface area contributed by atoms with Crippen molar-refractivity contribution < 1.29 is 9.18 Å². The quantitative estimate of drug-likeness (QED) is 0.252. The van der Waals surface area contributed by atoms with E-state index in [9.17, 15) is 9.59 Å². The Morgan fingerprint density at radius 1 is 1.16 bits per heavy atom. The van der Waals surface area contributed by atoms with Gasteiger partial charge in [0.2, 0.25) is 5.91 Å². The number of amides is 1. The van der Waals surface area contributed by atoms with E-state index in [0.717, 1.165) is 27.8 Å². The molecule has 0 aliphatic carbocycles. The number of carbonyl (C=O) groups excluding carboxylic acids is 1. The molecule has 11 heteroatoms. The van der Waals surface area contributed by atoms with Crippen molar-refractivity contribution in [3.8, 4) is 16.9 Å². The summed E-state index contributed by atoms with van der Waals surface area (Å²) in [5.41, 5.74) is 4.63. The number of benzene rings is 1. The van der Waals surface area contributed by atoms with Gasteiger partial charge in [0.1, 0.15) is 33.0 Å². The van der Waals surface area contributed by atoms with Gasteiger partial charge >= 0.3 is 5.69 Å². The van der Waals surface area contributed by atoms with Crippen LogP contribution in [0.25, 0.3) is 33.6 Å². The first-order valence-corrected chi connectivity index (χ1v) is 15.0. The van der Waals surface area contributed by atoms with Gasteiger partial charge in [-0.1, -0.05) is 50.3 Å². The molecular formula is C33H37B2FN6O2. The van der Waals surface area contributed by atoms with Crippen LogP contribution in [-0.4, -0.2) is 71.7 Å². The van der Waals surface area contributed by atoms with E-state index in [2.05, 4.69) is 16.5 Å².